The molecule has 0 amide bonds. The Morgan fingerprint density at radius 1 is 0.917 bits per heavy atom. The number of hydrogen-bond donors (Lipinski definition) is 0. The molecule has 0 spiro atoms. The van der Waals surface area contributed by atoms with Crippen LogP contribution in [0.1, 0.15) is 38.2 Å². The van der Waals surface area contributed by atoms with Gasteiger partial charge in [0.25, 0.3) is 0 Å². The number of unbranched alkanes of at least 4 members (excludes halogenated alkanes) is 1. The molecule has 0 aliphatic carbocycles. The molecular formula is C19H25Cl3SiTi. The summed E-state index contributed by atoms with van der Waals surface area (Å²) < 4.78 is 0. The van der Waals surface area contributed by atoms with Crippen LogP contribution in [-0.4, -0.2) is 8.07 Å². The van der Waals surface area contributed by atoms with Crippen LogP contribution in [0.3, 0.4) is 0 Å². The molecule has 0 unspecified atom stereocenters. The van der Waals surface area contributed by atoms with Crippen LogP contribution in [0.2, 0.25) is 12.1 Å². The predicted octanol–water partition coefficient (Wildman–Crippen LogP) is -4.89. The van der Waals surface area contributed by atoms with Gasteiger partial charge in [0.2, 0.25) is 0 Å². The van der Waals surface area contributed by atoms with E-state index in [0.29, 0.717) is 0 Å². The van der Waals surface area contributed by atoms with Crippen LogP contribution >= 0.6 is 0 Å². The maximum absolute atomic E-state index is 2.45. The first-order valence-corrected chi connectivity index (χ1v) is 10.6. The van der Waals surface area contributed by atoms with Crippen LogP contribution < -0.4 is 47.6 Å². The van der Waals surface area contributed by atoms with Crippen molar-refractivity contribution in [3.63, 3.8) is 0 Å². The molecule has 0 radical (unpaired) electrons. The topological polar surface area (TPSA) is 0 Å². The van der Waals surface area contributed by atoms with E-state index in [-0.39, 0.29) is 58.9 Å². The molecule has 1 aliphatic rings. The minimum Gasteiger partial charge on any atom is -1.00 e. The average Bonchev–Trinajstić information content (AvgIpc) is 3.15. The number of rotatable bonds is 5. The third-order valence-corrected chi connectivity index (χ3v) is 10.4. The van der Waals surface area contributed by atoms with Gasteiger partial charge in [-0.25, -0.2) is 12.1 Å². The summed E-state index contributed by atoms with van der Waals surface area (Å²) in [5.41, 5.74) is 1.66. The molecule has 1 saturated heterocycles. The molecular weight excluding hydrogens is 411 g/mol. The van der Waals surface area contributed by atoms with Crippen molar-refractivity contribution >= 4 is 18.4 Å². The van der Waals surface area contributed by atoms with Gasteiger partial charge in [-0.3, -0.25) is 0 Å². The zero-order valence-electron chi connectivity index (χ0n) is 14.2. The standard InChI is InChI=1S/C19H25Si.3ClH.Ti/c1-2-3-10-17-11-9-14-19(17)20(15-7-8-16-20)18-12-5-4-6-13-18;;;;/h4-6,9,11-14H,2-3,7-8,10,15-16H2,1H3;3*1H;/q-1;;;;+4/p-3. The minimum atomic E-state index is -1.43. The third-order valence-electron chi connectivity index (χ3n) is 5.00. The predicted molar refractivity (Wildman–Crippen MR) is 91.0 cm³/mol. The first-order valence-electron chi connectivity index (χ1n) is 8.17. The Morgan fingerprint density at radius 2 is 1.54 bits per heavy atom. The normalized spacial score (nSPS) is 14.5. The van der Waals surface area contributed by atoms with E-state index in [1.165, 1.54) is 44.2 Å². The van der Waals surface area contributed by atoms with Gasteiger partial charge >= 0.3 is 21.7 Å². The molecule has 3 rings (SSSR count). The van der Waals surface area contributed by atoms with Gasteiger partial charge in [-0.15, -0.1) is 0 Å². The third kappa shape index (κ3) is 5.43. The Hall–Kier alpha value is 0.371. The van der Waals surface area contributed by atoms with E-state index in [2.05, 4.69) is 55.5 Å². The SMILES string of the molecule is CCCCc1ccc[c-]1[Si]1(c2ccccc2)CCCC1.[Cl-].[Cl-].[Cl-].[Ti+4]. The van der Waals surface area contributed by atoms with Gasteiger partial charge in [0.1, 0.15) is 0 Å². The second-order valence-corrected chi connectivity index (χ2v) is 10.5. The zero-order chi connectivity index (χ0) is 13.8. The Morgan fingerprint density at radius 3 is 2.12 bits per heavy atom. The van der Waals surface area contributed by atoms with Gasteiger partial charge in [-0.05, 0) is 0 Å². The van der Waals surface area contributed by atoms with Gasteiger partial charge in [0, 0.05) is 0 Å². The summed E-state index contributed by atoms with van der Waals surface area (Å²) in [6, 6.07) is 21.5. The Bertz CT molecular complexity index is 551. The van der Waals surface area contributed by atoms with Gasteiger partial charge in [-0.1, -0.05) is 86.6 Å². The van der Waals surface area contributed by atoms with Crippen molar-refractivity contribution < 1.29 is 58.9 Å². The van der Waals surface area contributed by atoms with Crippen LogP contribution in [0.25, 0.3) is 0 Å². The molecule has 0 nitrogen and oxygen atoms in total. The Balaban J connectivity index is 0. The smallest absolute Gasteiger partial charge is 1.00 e. The molecule has 2 aromatic carbocycles. The van der Waals surface area contributed by atoms with E-state index in [4.69, 9.17) is 0 Å². The van der Waals surface area contributed by atoms with Crippen LogP contribution in [0, 0.1) is 0 Å². The number of halogens is 3. The summed E-state index contributed by atoms with van der Waals surface area (Å²) >= 11 is 0. The largest absolute Gasteiger partial charge is 4.00 e. The van der Waals surface area contributed by atoms with Crippen molar-refractivity contribution in [2.75, 3.05) is 0 Å². The molecule has 0 saturated carbocycles. The van der Waals surface area contributed by atoms with Crippen LogP contribution in [0.15, 0.2) is 48.5 Å². The Kier molecular flexibility index (Phi) is 14.1. The second-order valence-electron chi connectivity index (χ2n) is 6.22. The molecule has 1 fully saturated rings. The van der Waals surface area contributed by atoms with E-state index in [1.54, 1.807) is 15.9 Å². The summed E-state index contributed by atoms with van der Waals surface area (Å²) in [4.78, 5) is 0. The van der Waals surface area contributed by atoms with Crippen molar-refractivity contribution in [1.29, 1.82) is 0 Å². The van der Waals surface area contributed by atoms with Crippen molar-refractivity contribution in [1.82, 2.24) is 0 Å². The molecule has 0 atom stereocenters. The molecule has 1 heterocycles. The maximum atomic E-state index is 2.45. The summed E-state index contributed by atoms with van der Waals surface area (Å²) in [5.74, 6) is 0. The molecule has 0 bridgehead atoms. The second kappa shape index (κ2) is 12.7. The average molecular weight is 436 g/mol. The van der Waals surface area contributed by atoms with E-state index < -0.39 is 8.07 Å². The number of hydrogen-bond acceptors (Lipinski definition) is 0. The van der Waals surface area contributed by atoms with Crippen LogP contribution in [0.5, 0.6) is 0 Å². The zero-order valence-corrected chi connectivity index (χ0v) is 19.0. The van der Waals surface area contributed by atoms with E-state index in [1.807, 2.05) is 0 Å². The molecule has 2 aromatic rings. The van der Waals surface area contributed by atoms with Crippen molar-refractivity contribution in [3.05, 3.63) is 54.1 Å². The van der Waals surface area contributed by atoms with E-state index >= 15 is 0 Å². The van der Waals surface area contributed by atoms with E-state index in [9.17, 15) is 0 Å². The molecule has 130 valence electrons. The first-order chi connectivity index (χ1) is 9.87. The van der Waals surface area contributed by atoms with Gasteiger partial charge in [0.05, 0.1) is 8.07 Å². The minimum absolute atomic E-state index is 0. The van der Waals surface area contributed by atoms with Crippen molar-refractivity contribution in [3.8, 4) is 0 Å². The van der Waals surface area contributed by atoms with Gasteiger partial charge < -0.3 is 37.2 Å². The van der Waals surface area contributed by atoms with Gasteiger partial charge in [0.15, 0.2) is 0 Å². The Labute approximate surface area is 181 Å². The summed E-state index contributed by atoms with van der Waals surface area (Å²) in [5, 5.41) is 3.43. The van der Waals surface area contributed by atoms with E-state index in [0.717, 1.165) is 0 Å². The fourth-order valence-electron chi connectivity index (χ4n) is 3.96. The van der Waals surface area contributed by atoms with Gasteiger partial charge in [-0.2, -0.15) is 16.8 Å². The fourth-order valence-corrected chi connectivity index (χ4v) is 9.41. The van der Waals surface area contributed by atoms with Crippen LogP contribution in [-0.2, 0) is 28.1 Å². The van der Waals surface area contributed by atoms with Crippen molar-refractivity contribution in [2.45, 2.75) is 51.1 Å². The molecule has 24 heavy (non-hydrogen) atoms. The quantitative estimate of drug-likeness (QED) is 0.326. The maximum Gasteiger partial charge on any atom is 4.00 e. The monoisotopic (exact) mass is 434 g/mol. The molecule has 0 N–H and O–H groups in total. The van der Waals surface area contributed by atoms with Crippen molar-refractivity contribution in [2.24, 2.45) is 0 Å². The summed E-state index contributed by atoms with van der Waals surface area (Å²) in [6.07, 6.45) is 6.76. The summed E-state index contributed by atoms with van der Waals surface area (Å²) in [6.45, 7) is 2.29. The molecule has 5 heteroatoms. The number of aryl methyl sites for hydroxylation is 1. The number of benzene rings is 1. The molecule has 1 aliphatic heterocycles. The van der Waals surface area contributed by atoms with Crippen LogP contribution in [0.4, 0.5) is 0 Å². The first kappa shape index (κ1) is 26.6. The molecule has 0 aromatic heterocycles. The fraction of sp³-hybridized carbons (Fsp3) is 0.421. The summed E-state index contributed by atoms with van der Waals surface area (Å²) in [7, 11) is -1.43.